The van der Waals surface area contributed by atoms with E-state index in [1.165, 1.54) is 0 Å². The molecule has 3 rings (SSSR count). The average Bonchev–Trinajstić information content (AvgIpc) is 3.06. The summed E-state index contributed by atoms with van der Waals surface area (Å²) in [7, 11) is -3.61. The number of ether oxygens (including phenoxy) is 4. The van der Waals surface area contributed by atoms with Gasteiger partial charge < -0.3 is 18.9 Å². The summed E-state index contributed by atoms with van der Waals surface area (Å²) < 4.78 is 49.6. The third-order valence-electron chi connectivity index (χ3n) is 4.36. The first kappa shape index (κ1) is 17.3. The maximum atomic E-state index is 11.9. The first-order valence-electron chi connectivity index (χ1n) is 7.43. The summed E-state index contributed by atoms with van der Waals surface area (Å²) in [5.41, 5.74) is -0.729. The van der Waals surface area contributed by atoms with E-state index in [0.29, 0.717) is 6.42 Å². The lowest BCUT2D eigenvalue weighted by Gasteiger charge is -2.29. The minimum atomic E-state index is -3.61. The molecule has 0 aromatic carbocycles. The van der Waals surface area contributed by atoms with Crippen molar-refractivity contribution >= 4 is 22.1 Å². The number of hydrogen-bond acceptors (Lipinski definition) is 9. The van der Waals surface area contributed by atoms with E-state index in [2.05, 4.69) is 11.3 Å². The van der Waals surface area contributed by atoms with E-state index in [1.54, 1.807) is 6.92 Å². The number of hydrogen-bond donors (Lipinski definition) is 0. The van der Waals surface area contributed by atoms with Gasteiger partial charge in [-0.05, 0) is 6.92 Å². The zero-order valence-corrected chi connectivity index (χ0v) is 13.8. The summed E-state index contributed by atoms with van der Waals surface area (Å²) in [6.07, 6.45) is -0.463. The van der Waals surface area contributed by atoms with Gasteiger partial charge in [0.15, 0.2) is 6.61 Å². The molecule has 3 aliphatic heterocycles. The molecule has 9 nitrogen and oxygen atoms in total. The van der Waals surface area contributed by atoms with Gasteiger partial charge in [-0.2, -0.15) is 8.42 Å². The maximum absolute atomic E-state index is 11.9. The molecule has 0 saturated carbocycles. The Bertz CT molecular complexity index is 657. The fraction of sp³-hybridized carbons (Fsp3) is 0.714. The van der Waals surface area contributed by atoms with E-state index in [9.17, 15) is 18.0 Å². The van der Waals surface area contributed by atoms with Gasteiger partial charge in [0.1, 0.15) is 30.2 Å². The Morgan fingerprint density at radius 3 is 2.75 bits per heavy atom. The van der Waals surface area contributed by atoms with Gasteiger partial charge in [0.25, 0.3) is 10.1 Å². The Hall–Kier alpha value is -1.49. The highest BCUT2D eigenvalue weighted by Gasteiger charge is 2.71. The monoisotopic (exact) mass is 362 g/mol. The van der Waals surface area contributed by atoms with Gasteiger partial charge >= 0.3 is 11.9 Å². The molecule has 3 heterocycles. The van der Waals surface area contributed by atoms with E-state index in [4.69, 9.17) is 18.4 Å². The van der Waals surface area contributed by atoms with E-state index >= 15 is 0 Å². The summed E-state index contributed by atoms with van der Waals surface area (Å²) in [5.74, 6) is -1.44. The van der Waals surface area contributed by atoms with Crippen LogP contribution in [-0.2, 0) is 42.8 Å². The number of esters is 2. The highest BCUT2D eigenvalue weighted by atomic mass is 32.2. The molecule has 0 radical (unpaired) electrons. The third kappa shape index (κ3) is 2.94. The maximum Gasteiger partial charge on any atom is 0.344 e. The predicted octanol–water partition coefficient (Wildman–Crippen LogP) is -0.698. The molecule has 3 saturated heterocycles. The summed E-state index contributed by atoms with van der Waals surface area (Å²) in [6, 6.07) is 0. The standard InChI is InChI=1S/C14H18O9S/c1-3-9(15)21-7-10(16)19-4-5-20-13-12-11-8(24(17,18)23-12)6-14(13,2)22-11/h3,8,11-13H,1,4-7H2,2H3. The number of fused-ring (bicyclic) bond motifs is 1. The number of carbonyl (C=O) groups is 2. The Morgan fingerprint density at radius 1 is 1.29 bits per heavy atom. The normalized spacial score (nSPS) is 38.0. The summed E-state index contributed by atoms with van der Waals surface area (Å²) in [5, 5.41) is -0.635. The molecule has 0 N–H and O–H groups in total. The quantitative estimate of drug-likeness (QED) is 0.251. The van der Waals surface area contributed by atoms with Crippen molar-refractivity contribution in [2.24, 2.45) is 0 Å². The van der Waals surface area contributed by atoms with Crippen LogP contribution < -0.4 is 0 Å². The van der Waals surface area contributed by atoms with E-state index in [-0.39, 0.29) is 13.2 Å². The lowest BCUT2D eigenvalue weighted by Crippen LogP contribution is -2.46. The van der Waals surface area contributed by atoms with Gasteiger partial charge in [-0.25, -0.2) is 9.59 Å². The molecule has 2 bridgehead atoms. The lowest BCUT2D eigenvalue weighted by atomic mass is 9.85. The van der Waals surface area contributed by atoms with Crippen molar-refractivity contribution in [1.29, 1.82) is 0 Å². The molecule has 0 spiro atoms. The molecule has 0 aliphatic carbocycles. The van der Waals surface area contributed by atoms with Crippen LogP contribution in [0.4, 0.5) is 0 Å². The van der Waals surface area contributed by atoms with Crippen molar-refractivity contribution in [3.05, 3.63) is 12.7 Å². The molecule has 3 aliphatic rings. The number of carbonyl (C=O) groups excluding carboxylic acids is 2. The van der Waals surface area contributed by atoms with Crippen LogP contribution in [0.2, 0.25) is 0 Å². The zero-order chi connectivity index (χ0) is 17.5. The van der Waals surface area contributed by atoms with Crippen molar-refractivity contribution in [1.82, 2.24) is 0 Å². The van der Waals surface area contributed by atoms with Crippen LogP contribution in [0.3, 0.4) is 0 Å². The van der Waals surface area contributed by atoms with Gasteiger partial charge in [0, 0.05) is 12.5 Å². The summed E-state index contributed by atoms with van der Waals surface area (Å²) in [4.78, 5) is 22.1. The predicted molar refractivity (Wildman–Crippen MR) is 77.3 cm³/mol. The van der Waals surface area contributed by atoms with Gasteiger partial charge in [-0.3, -0.25) is 4.18 Å². The molecular weight excluding hydrogens is 344 g/mol. The molecule has 134 valence electrons. The largest absolute Gasteiger partial charge is 0.461 e. The molecule has 24 heavy (non-hydrogen) atoms. The van der Waals surface area contributed by atoms with Crippen LogP contribution in [0.25, 0.3) is 0 Å². The van der Waals surface area contributed by atoms with Crippen LogP contribution in [0, 0.1) is 0 Å². The second-order valence-electron chi connectivity index (χ2n) is 6.02. The van der Waals surface area contributed by atoms with Crippen molar-refractivity contribution < 1.29 is 41.1 Å². The van der Waals surface area contributed by atoms with Gasteiger partial charge in [0.2, 0.25) is 0 Å². The summed E-state index contributed by atoms with van der Waals surface area (Å²) >= 11 is 0. The molecule has 5 atom stereocenters. The fourth-order valence-corrected chi connectivity index (χ4v) is 5.10. The van der Waals surface area contributed by atoms with Crippen LogP contribution in [-0.4, -0.2) is 69.3 Å². The lowest BCUT2D eigenvalue weighted by molar-refractivity contribution is -0.158. The van der Waals surface area contributed by atoms with E-state index in [0.717, 1.165) is 6.08 Å². The zero-order valence-electron chi connectivity index (χ0n) is 13.0. The van der Waals surface area contributed by atoms with Gasteiger partial charge in [-0.1, -0.05) is 6.58 Å². The summed E-state index contributed by atoms with van der Waals surface area (Å²) in [6.45, 7) is 4.45. The van der Waals surface area contributed by atoms with Crippen LogP contribution in [0.1, 0.15) is 13.3 Å². The molecule has 10 heteroatoms. The molecule has 0 amide bonds. The van der Waals surface area contributed by atoms with E-state index < -0.39 is 57.8 Å². The minimum absolute atomic E-state index is 0.0437. The van der Waals surface area contributed by atoms with Crippen molar-refractivity contribution in [3.63, 3.8) is 0 Å². The Balaban J connectivity index is 1.44. The Morgan fingerprint density at radius 2 is 2.04 bits per heavy atom. The topological polar surface area (TPSA) is 114 Å². The fourth-order valence-electron chi connectivity index (χ4n) is 3.36. The second-order valence-corrected chi connectivity index (χ2v) is 7.80. The van der Waals surface area contributed by atoms with Crippen molar-refractivity contribution in [2.75, 3.05) is 19.8 Å². The first-order valence-corrected chi connectivity index (χ1v) is 8.90. The first-order chi connectivity index (χ1) is 11.3. The van der Waals surface area contributed by atoms with Crippen molar-refractivity contribution in [2.45, 2.75) is 42.5 Å². The molecule has 0 aromatic heterocycles. The van der Waals surface area contributed by atoms with Crippen molar-refractivity contribution in [3.8, 4) is 0 Å². The van der Waals surface area contributed by atoms with Crippen LogP contribution >= 0.6 is 0 Å². The second kappa shape index (κ2) is 6.10. The molecule has 0 aromatic rings. The van der Waals surface area contributed by atoms with Gasteiger partial charge in [-0.15, -0.1) is 0 Å². The molecule has 3 fully saturated rings. The Kier molecular flexibility index (Phi) is 4.41. The highest BCUT2D eigenvalue weighted by Crippen LogP contribution is 2.53. The Labute approximate surface area is 139 Å². The van der Waals surface area contributed by atoms with Crippen LogP contribution in [0.15, 0.2) is 12.7 Å². The van der Waals surface area contributed by atoms with Gasteiger partial charge in [0.05, 0.1) is 12.2 Å². The third-order valence-corrected chi connectivity index (χ3v) is 6.03. The smallest absolute Gasteiger partial charge is 0.344 e. The molecule has 5 unspecified atom stereocenters. The van der Waals surface area contributed by atoms with Crippen LogP contribution in [0.5, 0.6) is 0 Å². The average molecular weight is 362 g/mol. The number of rotatable bonds is 7. The minimum Gasteiger partial charge on any atom is -0.461 e. The van der Waals surface area contributed by atoms with E-state index in [1.807, 2.05) is 0 Å². The highest BCUT2D eigenvalue weighted by molar-refractivity contribution is 7.87. The SMILES string of the molecule is C=CC(=O)OCC(=O)OCCOC1C2OS(=O)(=O)C3CC1(C)OC23. The molecular formula is C14H18O9S.